The van der Waals surface area contributed by atoms with Crippen molar-refractivity contribution in [2.24, 2.45) is 10.3 Å². The van der Waals surface area contributed by atoms with Gasteiger partial charge in [-0.3, -0.25) is 19.4 Å². The molecule has 1 fully saturated rings. The second-order valence-electron chi connectivity index (χ2n) is 7.46. The van der Waals surface area contributed by atoms with Crippen molar-refractivity contribution in [3.05, 3.63) is 47.0 Å². The minimum Gasteiger partial charge on any atom is -0.495 e. The zero-order valence-corrected chi connectivity index (χ0v) is 19.0. The number of carbonyl (C=O) groups excluding carboxylic acids is 3. The van der Waals surface area contributed by atoms with E-state index in [1.807, 2.05) is 19.1 Å². The van der Waals surface area contributed by atoms with Crippen molar-refractivity contribution in [2.75, 3.05) is 31.0 Å². The van der Waals surface area contributed by atoms with Gasteiger partial charge in [0.05, 0.1) is 30.6 Å². The summed E-state index contributed by atoms with van der Waals surface area (Å²) in [5.74, 6) is -0.689. The Hall–Kier alpha value is -3.66. The van der Waals surface area contributed by atoms with Crippen LogP contribution < -0.4 is 19.7 Å². The van der Waals surface area contributed by atoms with Gasteiger partial charge < -0.3 is 14.8 Å². The number of benzene rings is 2. The third-order valence-corrected chi connectivity index (χ3v) is 5.81. The lowest BCUT2D eigenvalue weighted by atomic mass is 10.1. The van der Waals surface area contributed by atoms with Gasteiger partial charge in [-0.2, -0.15) is 5.11 Å². The van der Waals surface area contributed by atoms with Crippen LogP contribution in [0.5, 0.6) is 11.5 Å². The Morgan fingerprint density at radius 1 is 1.09 bits per heavy atom. The highest BCUT2D eigenvalue weighted by Gasteiger charge is 2.55. The molecule has 0 bridgehead atoms. The maximum Gasteiger partial charge on any atom is 0.263 e. The van der Waals surface area contributed by atoms with Crippen LogP contribution in [0.3, 0.4) is 0 Å². The third-order valence-electron chi connectivity index (χ3n) is 5.51. The second-order valence-corrected chi connectivity index (χ2v) is 7.87. The van der Waals surface area contributed by atoms with Gasteiger partial charge in [-0.1, -0.05) is 35.9 Å². The van der Waals surface area contributed by atoms with Gasteiger partial charge in [0.1, 0.15) is 18.0 Å². The molecule has 2 aliphatic rings. The Labute approximate surface area is 195 Å². The SMILES string of the molecule is CCc1ccc(N2C(=O)[C@H]3N=NN(CC(=O)Nc4cc(Cl)c(OC)cc4OC)[C@@H]3C2=O)cc1. The molecular weight excluding hydrogens is 450 g/mol. The predicted molar refractivity (Wildman–Crippen MR) is 121 cm³/mol. The molecule has 11 heteroatoms. The summed E-state index contributed by atoms with van der Waals surface area (Å²) in [7, 11) is 2.91. The summed E-state index contributed by atoms with van der Waals surface area (Å²) in [6.45, 7) is 1.73. The first kappa shape index (κ1) is 22.5. The molecular formula is C22H22ClN5O5. The molecule has 0 aliphatic carbocycles. The predicted octanol–water partition coefficient (Wildman–Crippen LogP) is 2.85. The number of hydrogen-bond acceptors (Lipinski definition) is 8. The van der Waals surface area contributed by atoms with Crippen molar-refractivity contribution < 1.29 is 23.9 Å². The van der Waals surface area contributed by atoms with Crippen LogP contribution in [0.25, 0.3) is 0 Å². The van der Waals surface area contributed by atoms with E-state index in [0.29, 0.717) is 22.9 Å². The number of hydrogen-bond donors (Lipinski definition) is 1. The summed E-state index contributed by atoms with van der Waals surface area (Å²) < 4.78 is 10.4. The Balaban J connectivity index is 1.49. The standard InChI is InChI=1S/C22H22ClN5O5/c1-4-12-5-7-13(8-6-12)28-21(30)19-20(22(28)31)27(26-25-19)11-18(29)24-15-9-14(23)16(32-2)10-17(15)33-3/h5-10,19-20H,4,11H2,1-3H3,(H,24,29)/t19-,20-/m0/s1. The molecule has 2 aromatic rings. The van der Waals surface area contributed by atoms with Gasteiger partial charge in [0.15, 0.2) is 12.1 Å². The lowest BCUT2D eigenvalue weighted by Crippen LogP contribution is -2.43. The van der Waals surface area contributed by atoms with Crippen LogP contribution in [0.4, 0.5) is 11.4 Å². The maximum absolute atomic E-state index is 13.1. The number of anilines is 2. The van der Waals surface area contributed by atoms with E-state index in [2.05, 4.69) is 15.7 Å². The summed E-state index contributed by atoms with van der Waals surface area (Å²) in [5, 5.41) is 12.0. The first-order valence-electron chi connectivity index (χ1n) is 10.2. The zero-order chi connectivity index (χ0) is 23.7. The normalized spacial score (nSPS) is 19.2. The van der Waals surface area contributed by atoms with Crippen molar-refractivity contribution >= 4 is 40.7 Å². The lowest BCUT2D eigenvalue weighted by Gasteiger charge is -2.20. The Morgan fingerprint density at radius 3 is 2.42 bits per heavy atom. The average molecular weight is 472 g/mol. The van der Waals surface area contributed by atoms with E-state index in [9.17, 15) is 14.4 Å². The number of halogens is 1. The number of imide groups is 1. The number of nitrogens with zero attached hydrogens (tertiary/aromatic N) is 4. The van der Waals surface area contributed by atoms with Crippen molar-refractivity contribution in [3.8, 4) is 11.5 Å². The number of fused-ring (bicyclic) bond motifs is 1. The molecule has 1 N–H and O–H groups in total. The maximum atomic E-state index is 13.1. The fourth-order valence-electron chi connectivity index (χ4n) is 3.78. The largest absolute Gasteiger partial charge is 0.495 e. The number of carbonyl (C=O) groups is 3. The quantitative estimate of drug-likeness (QED) is 0.621. The molecule has 0 aromatic heterocycles. The van der Waals surface area contributed by atoms with Crippen molar-refractivity contribution in [1.29, 1.82) is 0 Å². The number of ether oxygens (including phenoxy) is 2. The van der Waals surface area contributed by atoms with Gasteiger partial charge >= 0.3 is 0 Å². The van der Waals surface area contributed by atoms with Crippen LogP contribution in [0, 0.1) is 0 Å². The number of rotatable bonds is 7. The topological polar surface area (TPSA) is 113 Å². The van der Waals surface area contributed by atoms with E-state index in [0.717, 1.165) is 16.9 Å². The lowest BCUT2D eigenvalue weighted by molar-refractivity contribution is -0.123. The van der Waals surface area contributed by atoms with E-state index in [1.54, 1.807) is 18.2 Å². The Kier molecular flexibility index (Phi) is 6.19. The van der Waals surface area contributed by atoms with Crippen LogP contribution in [0.15, 0.2) is 46.7 Å². The highest BCUT2D eigenvalue weighted by atomic mass is 35.5. The number of amides is 3. The molecule has 3 amide bonds. The molecule has 172 valence electrons. The number of nitrogens with one attached hydrogen (secondary N) is 1. The number of methoxy groups -OCH3 is 2. The smallest absolute Gasteiger partial charge is 0.263 e. The molecule has 2 aromatic carbocycles. The first-order valence-corrected chi connectivity index (χ1v) is 10.6. The average Bonchev–Trinajstić information content (AvgIpc) is 3.33. The van der Waals surface area contributed by atoms with E-state index in [1.165, 1.54) is 25.3 Å². The van der Waals surface area contributed by atoms with E-state index < -0.39 is 29.8 Å². The van der Waals surface area contributed by atoms with Gasteiger partial charge in [0, 0.05) is 6.07 Å². The minimum absolute atomic E-state index is 0.288. The molecule has 2 aliphatic heterocycles. The van der Waals surface area contributed by atoms with E-state index in [4.69, 9.17) is 21.1 Å². The van der Waals surface area contributed by atoms with Gasteiger partial charge in [-0.25, -0.2) is 4.90 Å². The molecule has 0 radical (unpaired) electrons. The van der Waals surface area contributed by atoms with E-state index >= 15 is 0 Å². The molecule has 10 nitrogen and oxygen atoms in total. The summed E-state index contributed by atoms with van der Waals surface area (Å²) in [6, 6.07) is 8.26. The van der Waals surface area contributed by atoms with Crippen LogP contribution >= 0.6 is 11.6 Å². The zero-order valence-electron chi connectivity index (χ0n) is 18.2. The molecule has 0 spiro atoms. The van der Waals surface area contributed by atoms with Crippen LogP contribution in [-0.4, -0.2) is 55.6 Å². The Morgan fingerprint density at radius 2 is 1.79 bits per heavy atom. The molecule has 33 heavy (non-hydrogen) atoms. The minimum atomic E-state index is -0.985. The number of aryl methyl sites for hydroxylation is 1. The highest BCUT2D eigenvalue weighted by Crippen LogP contribution is 2.36. The van der Waals surface area contributed by atoms with Gasteiger partial charge in [0.25, 0.3) is 11.8 Å². The first-order chi connectivity index (χ1) is 15.9. The Bertz CT molecular complexity index is 1140. The molecule has 2 heterocycles. The monoisotopic (exact) mass is 471 g/mol. The van der Waals surface area contributed by atoms with Crippen LogP contribution in [0.1, 0.15) is 12.5 Å². The third kappa shape index (κ3) is 4.09. The summed E-state index contributed by atoms with van der Waals surface area (Å²) in [4.78, 5) is 39.7. The fraction of sp³-hybridized carbons (Fsp3) is 0.318. The summed E-state index contributed by atoms with van der Waals surface area (Å²) in [5.41, 5.74) is 1.88. The van der Waals surface area contributed by atoms with Crippen molar-refractivity contribution in [3.63, 3.8) is 0 Å². The molecule has 2 atom stereocenters. The van der Waals surface area contributed by atoms with Gasteiger partial charge in [0.2, 0.25) is 5.91 Å². The fourth-order valence-corrected chi connectivity index (χ4v) is 4.02. The molecule has 0 unspecified atom stereocenters. The highest BCUT2D eigenvalue weighted by molar-refractivity contribution is 6.32. The molecule has 0 saturated carbocycles. The summed E-state index contributed by atoms with van der Waals surface area (Å²) in [6.07, 6.45) is 0.842. The van der Waals surface area contributed by atoms with E-state index in [-0.39, 0.29) is 11.6 Å². The van der Waals surface area contributed by atoms with Gasteiger partial charge in [-0.15, -0.1) is 0 Å². The molecule has 1 saturated heterocycles. The summed E-state index contributed by atoms with van der Waals surface area (Å²) >= 11 is 6.15. The van der Waals surface area contributed by atoms with Gasteiger partial charge in [-0.05, 0) is 30.2 Å². The van der Waals surface area contributed by atoms with Crippen molar-refractivity contribution in [1.82, 2.24) is 5.01 Å². The van der Waals surface area contributed by atoms with Crippen molar-refractivity contribution in [2.45, 2.75) is 25.4 Å². The second kappa shape index (κ2) is 9.07. The van der Waals surface area contributed by atoms with Crippen LogP contribution in [-0.2, 0) is 20.8 Å². The molecule has 4 rings (SSSR count). The van der Waals surface area contributed by atoms with Crippen LogP contribution in [0.2, 0.25) is 5.02 Å².